The number of rotatable bonds is 6. The maximum Gasteiger partial charge on any atom is 0.0713 e. The number of aromatic nitrogens is 2. The number of hydrogen-bond donors (Lipinski definition) is 2. The Kier molecular flexibility index (Phi) is 4.71. The zero-order valence-corrected chi connectivity index (χ0v) is 11.8. The number of aromatic amines is 1. The average Bonchev–Trinajstić information content (AvgIpc) is 2.71. The lowest BCUT2D eigenvalue weighted by Crippen LogP contribution is -2.13. The molecule has 0 amide bonds. The van der Waals surface area contributed by atoms with Gasteiger partial charge in [-0.1, -0.05) is 24.3 Å². The Morgan fingerprint density at radius 3 is 2.68 bits per heavy atom. The normalized spacial score (nSPS) is 10.9. The van der Waals surface area contributed by atoms with Crippen molar-refractivity contribution in [3.63, 3.8) is 0 Å². The molecule has 0 saturated carbocycles. The quantitative estimate of drug-likeness (QED) is 0.838. The predicted molar refractivity (Wildman–Crippen MR) is 75.8 cm³/mol. The summed E-state index contributed by atoms with van der Waals surface area (Å²) in [5.41, 5.74) is 5.94. The van der Waals surface area contributed by atoms with Crippen molar-refractivity contribution < 1.29 is 4.74 Å². The third kappa shape index (κ3) is 3.66. The van der Waals surface area contributed by atoms with E-state index in [0.29, 0.717) is 6.61 Å². The molecule has 0 atom stereocenters. The molecule has 2 N–H and O–H groups in total. The van der Waals surface area contributed by atoms with E-state index < -0.39 is 0 Å². The highest BCUT2D eigenvalue weighted by atomic mass is 16.5. The molecule has 0 bridgehead atoms. The molecule has 19 heavy (non-hydrogen) atoms. The van der Waals surface area contributed by atoms with Gasteiger partial charge in [-0.3, -0.25) is 5.10 Å². The summed E-state index contributed by atoms with van der Waals surface area (Å²) in [6.07, 6.45) is 0. The fourth-order valence-electron chi connectivity index (χ4n) is 2.16. The van der Waals surface area contributed by atoms with Crippen molar-refractivity contribution in [2.45, 2.75) is 33.5 Å². The molecule has 0 aliphatic carbocycles. The van der Waals surface area contributed by atoms with Crippen LogP contribution >= 0.6 is 0 Å². The third-order valence-corrected chi connectivity index (χ3v) is 3.21. The second-order valence-corrected chi connectivity index (χ2v) is 4.77. The summed E-state index contributed by atoms with van der Waals surface area (Å²) in [5, 5.41) is 10.7. The molecule has 0 fully saturated rings. The molecule has 4 heteroatoms. The van der Waals surface area contributed by atoms with Gasteiger partial charge in [-0.15, -0.1) is 0 Å². The van der Waals surface area contributed by atoms with Gasteiger partial charge in [0.15, 0.2) is 0 Å². The van der Waals surface area contributed by atoms with E-state index in [0.717, 1.165) is 24.5 Å². The van der Waals surface area contributed by atoms with Crippen LogP contribution in [-0.2, 0) is 24.4 Å². The summed E-state index contributed by atoms with van der Waals surface area (Å²) in [6.45, 7) is 6.42. The molecule has 1 heterocycles. The van der Waals surface area contributed by atoms with Gasteiger partial charge in [-0.25, -0.2) is 0 Å². The average molecular weight is 259 g/mol. The van der Waals surface area contributed by atoms with Crippen molar-refractivity contribution in [1.29, 1.82) is 0 Å². The molecule has 1 aromatic heterocycles. The number of nitrogens with zero attached hydrogens (tertiary/aromatic N) is 1. The van der Waals surface area contributed by atoms with Crippen LogP contribution in [0.4, 0.5) is 0 Å². The third-order valence-electron chi connectivity index (χ3n) is 3.21. The number of H-pyrrole nitrogens is 1. The van der Waals surface area contributed by atoms with E-state index in [1.807, 2.05) is 6.92 Å². The van der Waals surface area contributed by atoms with Crippen molar-refractivity contribution in [3.05, 3.63) is 52.3 Å². The van der Waals surface area contributed by atoms with E-state index in [4.69, 9.17) is 4.74 Å². The smallest absolute Gasteiger partial charge is 0.0713 e. The lowest BCUT2D eigenvalue weighted by molar-refractivity contribution is 0.185. The summed E-state index contributed by atoms with van der Waals surface area (Å²) < 4.78 is 5.14. The monoisotopic (exact) mass is 259 g/mol. The molecule has 1 aromatic carbocycles. The van der Waals surface area contributed by atoms with Crippen LogP contribution in [0.1, 0.15) is 28.1 Å². The van der Waals surface area contributed by atoms with Gasteiger partial charge in [0, 0.05) is 31.5 Å². The predicted octanol–water partition coefficient (Wildman–Crippen LogP) is 2.46. The van der Waals surface area contributed by atoms with Gasteiger partial charge in [-0.2, -0.15) is 5.10 Å². The van der Waals surface area contributed by atoms with Crippen molar-refractivity contribution in [2.24, 2.45) is 0 Å². The summed E-state index contributed by atoms with van der Waals surface area (Å²) in [7, 11) is 1.72. The van der Waals surface area contributed by atoms with Gasteiger partial charge >= 0.3 is 0 Å². The van der Waals surface area contributed by atoms with Gasteiger partial charge in [0.2, 0.25) is 0 Å². The first-order valence-electron chi connectivity index (χ1n) is 6.48. The number of ether oxygens (including phenoxy) is 1. The van der Waals surface area contributed by atoms with E-state index in [9.17, 15) is 0 Å². The van der Waals surface area contributed by atoms with Crippen LogP contribution in [0.25, 0.3) is 0 Å². The first-order chi connectivity index (χ1) is 9.20. The highest BCUT2D eigenvalue weighted by Crippen LogP contribution is 2.10. The highest BCUT2D eigenvalue weighted by molar-refractivity contribution is 5.24. The molecular weight excluding hydrogens is 238 g/mol. The van der Waals surface area contributed by atoms with E-state index in [-0.39, 0.29) is 0 Å². The Morgan fingerprint density at radius 1 is 1.21 bits per heavy atom. The zero-order valence-electron chi connectivity index (χ0n) is 11.8. The number of benzene rings is 1. The number of methoxy groups -OCH3 is 1. The molecule has 0 aliphatic rings. The second-order valence-electron chi connectivity index (χ2n) is 4.77. The van der Waals surface area contributed by atoms with Crippen LogP contribution in [0.5, 0.6) is 0 Å². The molecule has 0 spiro atoms. The summed E-state index contributed by atoms with van der Waals surface area (Å²) >= 11 is 0. The number of nitrogens with one attached hydrogen (secondary N) is 2. The van der Waals surface area contributed by atoms with Crippen molar-refractivity contribution in [3.8, 4) is 0 Å². The van der Waals surface area contributed by atoms with Crippen molar-refractivity contribution in [2.75, 3.05) is 7.11 Å². The Morgan fingerprint density at radius 2 is 2.00 bits per heavy atom. The highest BCUT2D eigenvalue weighted by Gasteiger charge is 2.05. The lowest BCUT2D eigenvalue weighted by Gasteiger charge is -2.07. The van der Waals surface area contributed by atoms with Crippen LogP contribution in [0.15, 0.2) is 24.3 Å². The number of hydrogen-bond acceptors (Lipinski definition) is 3. The second kappa shape index (κ2) is 6.50. The fraction of sp³-hybridized carbons (Fsp3) is 0.400. The van der Waals surface area contributed by atoms with Crippen LogP contribution < -0.4 is 5.32 Å². The fourth-order valence-corrected chi connectivity index (χ4v) is 2.16. The molecular formula is C15H21N3O. The molecule has 102 valence electrons. The Bertz CT molecular complexity index is 514. The van der Waals surface area contributed by atoms with Crippen LogP contribution in [0.2, 0.25) is 0 Å². The van der Waals surface area contributed by atoms with Gasteiger partial charge in [0.25, 0.3) is 0 Å². The van der Waals surface area contributed by atoms with Gasteiger partial charge in [-0.05, 0) is 25.0 Å². The maximum atomic E-state index is 5.14. The largest absolute Gasteiger partial charge is 0.380 e. The topological polar surface area (TPSA) is 49.9 Å². The van der Waals surface area contributed by atoms with Gasteiger partial charge < -0.3 is 10.1 Å². The summed E-state index contributed by atoms with van der Waals surface area (Å²) in [4.78, 5) is 0. The molecule has 4 nitrogen and oxygen atoms in total. The van der Waals surface area contributed by atoms with Crippen molar-refractivity contribution in [1.82, 2.24) is 15.5 Å². The van der Waals surface area contributed by atoms with Gasteiger partial charge in [0.1, 0.15) is 0 Å². The Balaban J connectivity index is 1.90. The standard InChI is InChI=1S/C15H21N3O/c1-11-15(12(2)18-17-11)9-16-8-13-5-4-6-14(7-13)10-19-3/h4-7,16H,8-10H2,1-3H3,(H,17,18). The van der Waals surface area contributed by atoms with Crippen LogP contribution in [0.3, 0.4) is 0 Å². The first-order valence-corrected chi connectivity index (χ1v) is 6.48. The van der Waals surface area contributed by atoms with E-state index in [1.165, 1.54) is 16.7 Å². The lowest BCUT2D eigenvalue weighted by atomic mass is 10.1. The van der Waals surface area contributed by atoms with E-state index >= 15 is 0 Å². The minimum absolute atomic E-state index is 0.661. The molecule has 2 aromatic rings. The first kappa shape index (κ1) is 13.8. The number of aryl methyl sites for hydroxylation is 2. The molecule has 0 unspecified atom stereocenters. The zero-order chi connectivity index (χ0) is 13.7. The minimum Gasteiger partial charge on any atom is -0.380 e. The van der Waals surface area contributed by atoms with Crippen molar-refractivity contribution >= 4 is 0 Å². The minimum atomic E-state index is 0.661. The molecule has 0 radical (unpaired) electrons. The van der Waals surface area contributed by atoms with E-state index in [1.54, 1.807) is 7.11 Å². The van der Waals surface area contributed by atoms with Crippen LogP contribution in [-0.4, -0.2) is 17.3 Å². The van der Waals surface area contributed by atoms with Gasteiger partial charge in [0.05, 0.1) is 12.3 Å². The summed E-state index contributed by atoms with van der Waals surface area (Å²) in [5.74, 6) is 0. The Hall–Kier alpha value is -1.65. The summed E-state index contributed by atoms with van der Waals surface area (Å²) in [6, 6.07) is 8.45. The molecule has 0 saturated heterocycles. The van der Waals surface area contributed by atoms with Crippen LogP contribution in [0, 0.1) is 13.8 Å². The Labute approximate surface area is 114 Å². The maximum absolute atomic E-state index is 5.14. The SMILES string of the molecule is COCc1cccc(CNCc2c(C)n[nH]c2C)c1. The molecule has 0 aliphatic heterocycles. The molecule has 2 rings (SSSR count). The van der Waals surface area contributed by atoms with E-state index in [2.05, 4.69) is 46.7 Å².